The maximum Gasteiger partial charge on any atom is 0.414 e. The van der Waals surface area contributed by atoms with Crippen LogP contribution in [0.5, 0.6) is 11.6 Å². The van der Waals surface area contributed by atoms with E-state index in [1.165, 1.54) is 35.0 Å². The van der Waals surface area contributed by atoms with E-state index in [2.05, 4.69) is 25.2 Å². The lowest BCUT2D eigenvalue weighted by Gasteiger charge is -2.11. The third kappa shape index (κ3) is 6.31. The second-order valence-electron chi connectivity index (χ2n) is 6.50. The normalized spacial score (nSPS) is 11.3. The molecule has 0 fully saturated rings. The van der Waals surface area contributed by atoms with E-state index < -0.39 is 30.7 Å². The molecule has 15 heteroatoms. The molecule has 35 heavy (non-hydrogen) atoms. The van der Waals surface area contributed by atoms with Crippen molar-refractivity contribution in [3.8, 4) is 17.7 Å². The lowest BCUT2D eigenvalue weighted by Crippen LogP contribution is -2.36. The Balaban J connectivity index is 1.80. The van der Waals surface area contributed by atoms with Gasteiger partial charge in [0, 0.05) is 6.20 Å². The summed E-state index contributed by atoms with van der Waals surface area (Å²) in [7, 11) is 0. The van der Waals surface area contributed by atoms with Crippen LogP contribution in [0.4, 0.5) is 19.3 Å². The largest absolute Gasteiger partial charge is 0.450 e. The van der Waals surface area contributed by atoms with Gasteiger partial charge >= 0.3 is 6.09 Å². The average Bonchev–Trinajstić information content (AvgIpc) is 3.19. The Hall–Kier alpha value is -4.02. The molecular weight excluding hydrogens is 511 g/mol. The van der Waals surface area contributed by atoms with E-state index in [0.29, 0.717) is 5.39 Å². The molecule has 0 aliphatic rings. The molecule has 0 atom stereocenters. The molecule has 3 rings (SSSR count). The third-order valence-corrected chi connectivity index (χ3v) is 4.72. The molecule has 2 aromatic heterocycles. The van der Waals surface area contributed by atoms with E-state index in [-0.39, 0.29) is 39.6 Å². The van der Waals surface area contributed by atoms with Crippen LogP contribution in [0.25, 0.3) is 11.0 Å². The molecule has 0 radical (unpaired) electrons. The zero-order valence-electron chi connectivity index (χ0n) is 17.8. The molecule has 0 aliphatic carbocycles. The number of nitrogens with zero attached hydrogens (tertiary/aromatic N) is 5. The Morgan fingerprint density at radius 3 is 2.63 bits per heavy atom. The summed E-state index contributed by atoms with van der Waals surface area (Å²) in [4.78, 5) is 31.3. The number of carbonyl (C=O) groups excluding carboxylic acids is 2. The maximum absolute atomic E-state index is 12.8. The molecule has 0 spiro atoms. The van der Waals surface area contributed by atoms with E-state index >= 15 is 0 Å². The minimum atomic E-state index is -2.57. The summed E-state index contributed by atoms with van der Waals surface area (Å²) in [6, 6.07) is 5.73. The van der Waals surface area contributed by atoms with E-state index in [4.69, 9.17) is 33.2 Å². The van der Waals surface area contributed by atoms with Gasteiger partial charge in [-0.15, -0.1) is 0 Å². The number of aromatic nitrogens is 3. The van der Waals surface area contributed by atoms with Crippen LogP contribution in [0.3, 0.4) is 0 Å². The van der Waals surface area contributed by atoms with Gasteiger partial charge in [-0.1, -0.05) is 23.2 Å². The first-order valence-electron chi connectivity index (χ1n) is 9.70. The summed E-state index contributed by atoms with van der Waals surface area (Å²) in [5, 5.41) is 14.9. The molecule has 11 nitrogen and oxygen atoms in total. The average molecular weight is 526 g/mol. The fourth-order valence-electron chi connectivity index (χ4n) is 2.74. The summed E-state index contributed by atoms with van der Waals surface area (Å²) in [5.41, 5.74) is 2.19. The van der Waals surface area contributed by atoms with Gasteiger partial charge in [0.15, 0.2) is 5.75 Å². The number of ether oxygens (including phenoxy) is 2. The highest BCUT2D eigenvalue weighted by atomic mass is 35.5. The molecule has 3 aromatic rings. The smallest absolute Gasteiger partial charge is 0.414 e. The summed E-state index contributed by atoms with van der Waals surface area (Å²) in [6.07, 6.45) is -1.03. The van der Waals surface area contributed by atoms with Crippen LogP contribution in [-0.4, -0.2) is 45.3 Å². The number of nitrogens with one attached hydrogen (secondary N) is 2. The van der Waals surface area contributed by atoms with E-state index in [9.17, 15) is 18.4 Å². The van der Waals surface area contributed by atoms with Gasteiger partial charge in [0.1, 0.15) is 18.0 Å². The first-order chi connectivity index (χ1) is 16.7. The summed E-state index contributed by atoms with van der Waals surface area (Å²) >= 11 is 12.5. The predicted molar refractivity (Wildman–Crippen MR) is 122 cm³/mol. The van der Waals surface area contributed by atoms with Crippen LogP contribution in [0.15, 0.2) is 35.8 Å². The van der Waals surface area contributed by atoms with Crippen LogP contribution in [0.1, 0.15) is 6.92 Å². The van der Waals surface area contributed by atoms with Crippen molar-refractivity contribution in [1.29, 1.82) is 5.26 Å². The van der Waals surface area contributed by atoms with Crippen LogP contribution in [0, 0.1) is 11.3 Å². The van der Waals surface area contributed by atoms with Crippen molar-refractivity contribution in [2.24, 2.45) is 5.10 Å². The van der Waals surface area contributed by atoms with Gasteiger partial charge in [0.25, 0.3) is 12.3 Å². The Kier molecular flexibility index (Phi) is 8.34. The highest BCUT2D eigenvalue weighted by Crippen LogP contribution is 2.39. The Morgan fingerprint density at radius 1 is 1.29 bits per heavy atom. The van der Waals surface area contributed by atoms with Crippen LogP contribution in [-0.2, 0) is 16.1 Å². The molecule has 0 unspecified atom stereocenters. The van der Waals surface area contributed by atoms with E-state index in [1.807, 2.05) is 5.32 Å². The molecule has 0 saturated carbocycles. The molecule has 2 heterocycles. The number of carbonyl (C=O) groups is 2. The summed E-state index contributed by atoms with van der Waals surface area (Å²) in [5.74, 6) is -1.04. The number of hydrazone groups is 1. The van der Waals surface area contributed by atoms with Crippen molar-refractivity contribution in [3.63, 3.8) is 0 Å². The molecule has 0 bridgehead atoms. The van der Waals surface area contributed by atoms with Crippen molar-refractivity contribution >= 4 is 57.6 Å². The monoisotopic (exact) mass is 525 g/mol. The molecule has 0 aliphatic heterocycles. The van der Waals surface area contributed by atoms with Gasteiger partial charge in [0.2, 0.25) is 11.6 Å². The number of hydrogen-bond donors (Lipinski definition) is 2. The van der Waals surface area contributed by atoms with Gasteiger partial charge in [-0.05, 0) is 25.1 Å². The Bertz CT molecular complexity index is 1320. The Morgan fingerprint density at radius 2 is 2.00 bits per heavy atom. The molecule has 0 saturated heterocycles. The number of benzene rings is 1. The van der Waals surface area contributed by atoms with Crippen LogP contribution < -0.4 is 15.5 Å². The first-order valence-corrected chi connectivity index (χ1v) is 10.5. The number of halogens is 4. The summed E-state index contributed by atoms with van der Waals surface area (Å²) in [6.45, 7) is 1.03. The first kappa shape index (κ1) is 25.6. The van der Waals surface area contributed by atoms with E-state index in [1.54, 1.807) is 6.92 Å². The molecular formula is C20H15Cl2F2N7O4. The van der Waals surface area contributed by atoms with Gasteiger partial charge in [0.05, 0.1) is 34.3 Å². The second kappa shape index (κ2) is 11.4. The number of alkyl carbamates (subject to hydrolysis) is 1. The van der Waals surface area contributed by atoms with Crippen molar-refractivity contribution in [1.82, 2.24) is 19.9 Å². The summed E-state index contributed by atoms with van der Waals surface area (Å²) < 4.78 is 37.1. The number of alkyl halides is 2. The minimum absolute atomic E-state index is 0.00320. The predicted octanol–water partition coefficient (Wildman–Crippen LogP) is 4.36. The van der Waals surface area contributed by atoms with Crippen molar-refractivity contribution in [2.45, 2.75) is 19.9 Å². The van der Waals surface area contributed by atoms with Gasteiger partial charge in [-0.3, -0.25) is 15.5 Å². The third-order valence-electron chi connectivity index (χ3n) is 4.16. The van der Waals surface area contributed by atoms with Crippen LogP contribution >= 0.6 is 23.2 Å². The molecule has 2 N–H and O–H groups in total. The molecule has 182 valence electrons. The fourth-order valence-corrected chi connectivity index (χ4v) is 3.31. The molecule has 1 aromatic carbocycles. The number of amides is 2. The van der Waals surface area contributed by atoms with Crippen LogP contribution in [0.2, 0.25) is 10.0 Å². The van der Waals surface area contributed by atoms with Crippen molar-refractivity contribution in [2.75, 3.05) is 12.0 Å². The zero-order valence-corrected chi connectivity index (χ0v) is 19.3. The van der Waals surface area contributed by atoms with Crippen molar-refractivity contribution in [3.05, 3.63) is 40.8 Å². The number of rotatable bonds is 8. The van der Waals surface area contributed by atoms with Gasteiger partial charge < -0.3 is 14.0 Å². The highest BCUT2D eigenvalue weighted by molar-refractivity contribution is 6.47. The lowest BCUT2D eigenvalue weighted by atomic mass is 10.3. The minimum Gasteiger partial charge on any atom is -0.450 e. The zero-order chi connectivity index (χ0) is 25.5. The SMILES string of the molecule is CCOC(=O)NC(=O)C(C#N)=NNc1cc(Cl)c(Oc2ncnc3c2ccn3CC(F)F)c(Cl)c1. The second-order valence-corrected chi connectivity index (χ2v) is 7.32. The van der Waals surface area contributed by atoms with Gasteiger partial charge in [-0.2, -0.15) is 10.4 Å². The quantitative estimate of drug-likeness (QED) is 0.326. The fraction of sp³-hybridized carbons (Fsp3) is 0.200. The topological polar surface area (TPSA) is 144 Å². The van der Waals surface area contributed by atoms with Gasteiger partial charge in [-0.25, -0.2) is 23.5 Å². The standard InChI is InChI=1S/C20H15Cl2F2N7O4/c1-2-34-20(33)28-18(32)14(7-25)30-29-10-5-12(21)16(13(22)6-10)35-19-11-3-4-31(8-15(23)24)17(11)26-9-27-19/h3-6,9,15,29H,2,8H2,1H3,(H,28,32,33). The number of hydrogen-bond acceptors (Lipinski definition) is 9. The maximum atomic E-state index is 12.8. The number of nitriles is 1. The number of anilines is 1. The number of fused-ring (bicyclic) bond motifs is 1. The lowest BCUT2D eigenvalue weighted by molar-refractivity contribution is -0.114. The highest BCUT2D eigenvalue weighted by Gasteiger charge is 2.18. The molecule has 2 amide bonds. The van der Waals surface area contributed by atoms with E-state index in [0.717, 1.165) is 6.33 Å². The number of imide groups is 1. The van der Waals surface area contributed by atoms with Crippen molar-refractivity contribution < 1.29 is 27.8 Å². The Labute approximate surface area is 206 Å².